The van der Waals surface area contributed by atoms with Crippen molar-refractivity contribution in [2.75, 3.05) is 37.7 Å². The number of anilines is 1. The van der Waals surface area contributed by atoms with Crippen molar-refractivity contribution in [3.8, 4) is 5.75 Å². The van der Waals surface area contributed by atoms with Gasteiger partial charge in [0.2, 0.25) is 5.91 Å². The van der Waals surface area contributed by atoms with Crippen LogP contribution in [0, 0.1) is 5.92 Å². The molecule has 25 heavy (non-hydrogen) atoms. The van der Waals surface area contributed by atoms with Gasteiger partial charge in [0.05, 0.1) is 16.6 Å². The maximum atomic E-state index is 12.9. The predicted octanol–water partition coefficient (Wildman–Crippen LogP) is 3.24. The van der Waals surface area contributed by atoms with E-state index in [-0.39, 0.29) is 11.8 Å². The van der Waals surface area contributed by atoms with Crippen molar-refractivity contribution in [2.45, 2.75) is 6.42 Å². The highest BCUT2D eigenvalue weighted by atomic mass is 35.5. The quantitative estimate of drug-likeness (QED) is 0.828. The predicted molar refractivity (Wildman–Crippen MR) is 99.4 cm³/mol. The standard InChI is InChI=1S/C20H21ClN2O2/c21-17-6-2-3-7-18(17)22-9-11-23(12-10-22)20(24)16-13-15-5-1-4-8-19(15)25-14-16/h1-8,16H,9-14H2/t16-/m0/s1. The van der Waals surface area contributed by atoms with E-state index in [0.29, 0.717) is 6.61 Å². The molecule has 0 aromatic heterocycles. The third kappa shape index (κ3) is 3.31. The monoisotopic (exact) mass is 356 g/mol. The number of para-hydroxylation sites is 2. The van der Waals surface area contributed by atoms with Gasteiger partial charge in [0.25, 0.3) is 0 Å². The number of piperazine rings is 1. The molecule has 2 aliphatic heterocycles. The van der Waals surface area contributed by atoms with Crippen LogP contribution in [0.1, 0.15) is 5.56 Å². The summed E-state index contributed by atoms with van der Waals surface area (Å²) in [6.45, 7) is 3.53. The van der Waals surface area contributed by atoms with Gasteiger partial charge in [-0.1, -0.05) is 41.9 Å². The summed E-state index contributed by atoms with van der Waals surface area (Å²) in [4.78, 5) is 17.1. The molecule has 2 heterocycles. The minimum Gasteiger partial charge on any atom is -0.492 e. The molecule has 2 aliphatic rings. The van der Waals surface area contributed by atoms with Crippen LogP contribution in [0.15, 0.2) is 48.5 Å². The Labute approximate surface area is 152 Å². The smallest absolute Gasteiger partial charge is 0.229 e. The van der Waals surface area contributed by atoms with Gasteiger partial charge < -0.3 is 14.5 Å². The summed E-state index contributed by atoms with van der Waals surface area (Å²) in [5.41, 5.74) is 2.17. The van der Waals surface area contributed by atoms with Crippen molar-refractivity contribution in [1.29, 1.82) is 0 Å². The Kier molecular flexibility index (Phi) is 4.53. The van der Waals surface area contributed by atoms with Gasteiger partial charge in [0, 0.05) is 26.2 Å². The number of nitrogens with zero attached hydrogens (tertiary/aromatic N) is 2. The molecule has 4 rings (SSSR count). The van der Waals surface area contributed by atoms with Crippen LogP contribution in [-0.2, 0) is 11.2 Å². The highest BCUT2D eigenvalue weighted by molar-refractivity contribution is 6.33. The molecule has 1 amide bonds. The number of amides is 1. The molecule has 0 unspecified atom stereocenters. The fraction of sp³-hybridized carbons (Fsp3) is 0.350. The molecule has 0 bridgehead atoms. The molecule has 130 valence electrons. The normalized spacial score (nSPS) is 20.0. The molecule has 4 nitrogen and oxygen atoms in total. The van der Waals surface area contributed by atoms with Crippen LogP contribution in [0.25, 0.3) is 0 Å². The van der Waals surface area contributed by atoms with Gasteiger partial charge in [-0.15, -0.1) is 0 Å². The van der Waals surface area contributed by atoms with Crippen molar-refractivity contribution >= 4 is 23.2 Å². The number of carbonyl (C=O) groups is 1. The largest absolute Gasteiger partial charge is 0.492 e. The van der Waals surface area contributed by atoms with Crippen LogP contribution in [0.4, 0.5) is 5.69 Å². The number of carbonyl (C=O) groups excluding carboxylic acids is 1. The van der Waals surface area contributed by atoms with Gasteiger partial charge in [-0.05, 0) is 30.2 Å². The molecular formula is C20H21ClN2O2. The maximum absolute atomic E-state index is 12.9. The number of benzene rings is 2. The van der Waals surface area contributed by atoms with Crippen molar-refractivity contribution < 1.29 is 9.53 Å². The summed E-state index contributed by atoms with van der Waals surface area (Å²) in [5, 5.41) is 0.763. The molecule has 1 atom stereocenters. The lowest BCUT2D eigenvalue weighted by atomic mass is 9.95. The molecule has 2 aromatic rings. The van der Waals surface area contributed by atoms with E-state index in [1.807, 2.05) is 53.4 Å². The summed E-state index contributed by atoms with van der Waals surface area (Å²) >= 11 is 6.29. The van der Waals surface area contributed by atoms with Gasteiger partial charge in [0.1, 0.15) is 12.4 Å². The summed E-state index contributed by atoms with van der Waals surface area (Å²) in [6, 6.07) is 15.9. The van der Waals surface area contributed by atoms with E-state index in [1.165, 1.54) is 0 Å². The zero-order valence-corrected chi connectivity index (χ0v) is 14.8. The lowest BCUT2D eigenvalue weighted by molar-refractivity contribution is -0.137. The van der Waals surface area contributed by atoms with Crippen LogP contribution >= 0.6 is 11.6 Å². The van der Waals surface area contributed by atoms with Crippen molar-refractivity contribution in [1.82, 2.24) is 4.90 Å². The molecule has 0 radical (unpaired) electrons. The second kappa shape index (κ2) is 6.96. The third-order valence-electron chi connectivity index (χ3n) is 5.01. The number of rotatable bonds is 2. The first-order chi connectivity index (χ1) is 12.2. The molecule has 0 spiro atoms. The Morgan fingerprint density at radius 1 is 1.00 bits per heavy atom. The summed E-state index contributed by atoms with van der Waals surface area (Å²) < 4.78 is 5.78. The summed E-state index contributed by atoms with van der Waals surface area (Å²) in [5.74, 6) is 1.03. The SMILES string of the molecule is O=C([C@@H]1COc2ccccc2C1)N1CCN(c2ccccc2Cl)CC1. The summed E-state index contributed by atoms with van der Waals surface area (Å²) in [7, 11) is 0. The average Bonchev–Trinajstić information content (AvgIpc) is 2.67. The van der Waals surface area contributed by atoms with Gasteiger partial charge >= 0.3 is 0 Å². The van der Waals surface area contributed by atoms with Gasteiger partial charge in [0.15, 0.2) is 0 Å². The fourth-order valence-corrected chi connectivity index (χ4v) is 3.88. The van der Waals surface area contributed by atoms with E-state index < -0.39 is 0 Å². The third-order valence-corrected chi connectivity index (χ3v) is 5.33. The molecule has 2 aromatic carbocycles. The Morgan fingerprint density at radius 2 is 1.72 bits per heavy atom. The van der Waals surface area contributed by atoms with E-state index in [0.717, 1.165) is 54.6 Å². The zero-order valence-electron chi connectivity index (χ0n) is 14.0. The topological polar surface area (TPSA) is 32.8 Å². The Hall–Kier alpha value is -2.20. The average molecular weight is 357 g/mol. The first kappa shape index (κ1) is 16.3. The van der Waals surface area contributed by atoms with Gasteiger partial charge in [-0.3, -0.25) is 4.79 Å². The molecule has 0 aliphatic carbocycles. The second-order valence-electron chi connectivity index (χ2n) is 6.58. The number of hydrogen-bond acceptors (Lipinski definition) is 3. The zero-order chi connectivity index (χ0) is 17.2. The molecule has 1 fully saturated rings. The molecule has 1 saturated heterocycles. The van der Waals surface area contributed by atoms with Crippen molar-refractivity contribution in [2.24, 2.45) is 5.92 Å². The van der Waals surface area contributed by atoms with E-state index in [1.54, 1.807) is 0 Å². The Bertz CT molecular complexity index is 772. The minimum absolute atomic E-state index is 0.0817. The fourth-order valence-electron chi connectivity index (χ4n) is 3.62. The van der Waals surface area contributed by atoms with Crippen LogP contribution in [0.3, 0.4) is 0 Å². The van der Waals surface area contributed by atoms with E-state index in [2.05, 4.69) is 4.90 Å². The van der Waals surface area contributed by atoms with E-state index in [9.17, 15) is 4.79 Å². The number of fused-ring (bicyclic) bond motifs is 1. The van der Waals surface area contributed by atoms with Crippen LogP contribution in [0.5, 0.6) is 5.75 Å². The Balaban J connectivity index is 1.38. The van der Waals surface area contributed by atoms with Gasteiger partial charge in [-0.2, -0.15) is 0 Å². The number of halogens is 1. The van der Waals surface area contributed by atoms with E-state index >= 15 is 0 Å². The number of ether oxygens (including phenoxy) is 1. The highest BCUT2D eigenvalue weighted by Crippen LogP contribution is 2.29. The molecule has 0 N–H and O–H groups in total. The maximum Gasteiger partial charge on any atom is 0.229 e. The van der Waals surface area contributed by atoms with Crippen molar-refractivity contribution in [3.05, 3.63) is 59.1 Å². The second-order valence-corrected chi connectivity index (χ2v) is 6.99. The molecule has 0 saturated carbocycles. The Morgan fingerprint density at radius 3 is 2.52 bits per heavy atom. The highest BCUT2D eigenvalue weighted by Gasteiger charge is 2.31. The molecule has 5 heteroatoms. The summed E-state index contributed by atoms with van der Waals surface area (Å²) in [6.07, 6.45) is 0.764. The lowest BCUT2D eigenvalue weighted by Gasteiger charge is -2.38. The van der Waals surface area contributed by atoms with Crippen LogP contribution in [0.2, 0.25) is 5.02 Å². The first-order valence-corrected chi connectivity index (χ1v) is 9.09. The van der Waals surface area contributed by atoms with Crippen molar-refractivity contribution in [3.63, 3.8) is 0 Å². The lowest BCUT2D eigenvalue weighted by Crippen LogP contribution is -2.51. The molecular weight excluding hydrogens is 336 g/mol. The minimum atomic E-state index is -0.0817. The van der Waals surface area contributed by atoms with Crippen LogP contribution < -0.4 is 9.64 Å². The van der Waals surface area contributed by atoms with Crippen LogP contribution in [-0.4, -0.2) is 43.6 Å². The number of hydrogen-bond donors (Lipinski definition) is 0. The van der Waals surface area contributed by atoms with Gasteiger partial charge in [-0.25, -0.2) is 0 Å². The first-order valence-electron chi connectivity index (χ1n) is 8.71. The van der Waals surface area contributed by atoms with E-state index in [4.69, 9.17) is 16.3 Å².